The number of fused-ring (bicyclic) bond motifs is 1. The van der Waals surface area contributed by atoms with Crippen molar-refractivity contribution < 1.29 is 9.18 Å². The van der Waals surface area contributed by atoms with Crippen LogP contribution < -0.4 is 16.0 Å². The van der Waals surface area contributed by atoms with Crippen molar-refractivity contribution in [2.24, 2.45) is 0 Å². The molecule has 9 nitrogen and oxygen atoms in total. The molecule has 0 radical (unpaired) electrons. The van der Waals surface area contributed by atoms with Crippen molar-refractivity contribution in [2.45, 2.75) is 18.1 Å². The molecule has 1 aliphatic rings. The number of nitrogens with zero attached hydrogens (tertiary/aromatic N) is 6. The van der Waals surface area contributed by atoms with Gasteiger partial charge in [-0.05, 0) is 19.1 Å². The third kappa shape index (κ3) is 3.44. The number of piperidine rings is 1. The molecule has 0 spiro atoms. The normalized spacial score (nSPS) is 15.1. The van der Waals surface area contributed by atoms with Crippen molar-refractivity contribution in [1.29, 1.82) is 0 Å². The summed E-state index contributed by atoms with van der Waals surface area (Å²) >= 11 is 1.88. The van der Waals surface area contributed by atoms with E-state index >= 15 is 0 Å². The van der Waals surface area contributed by atoms with E-state index in [1.54, 1.807) is 6.20 Å². The van der Waals surface area contributed by atoms with Gasteiger partial charge in [0.15, 0.2) is 17.3 Å². The van der Waals surface area contributed by atoms with Gasteiger partial charge in [0.25, 0.3) is 5.91 Å². The van der Waals surface area contributed by atoms with Crippen LogP contribution in [-0.4, -0.2) is 55.3 Å². The number of halogens is 1. The molecule has 0 aliphatic carbocycles. The Morgan fingerprint density at radius 1 is 1.29 bits per heavy atom. The first kappa shape index (κ1) is 18.4. The predicted octanol–water partition coefficient (Wildman–Crippen LogP) is 1.82. The highest BCUT2D eigenvalue weighted by Crippen LogP contribution is 2.30. The highest BCUT2D eigenvalue weighted by Gasteiger charge is 2.24. The monoisotopic (exact) mass is 402 g/mol. The molecule has 11 heteroatoms. The van der Waals surface area contributed by atoms with Crippen LogP contribution in [0.25, 0.3) is 5.65 Å². The number of carbonyl (C=O) groups is 1. The first-order chi connectivity index (χ1) is 13.6. The lowest BCUT2D eigenvalue weighted by atomic mass is 10.1. The minimum atomic E-state index is -0.573. The fourth-order valence-corrected chi connectivity index (χ4v) is 4.01. The summed E-state index contributed by atoms with van der Waals surface area (Å²) in [6.07, 6.45) is 9.53. The highest BCUT2D eigenvalue weighted by molar-refractivity contribution is 7.99. The van der Waals surface area contributed by atoms with Gasteiger partial charge in [0.2, 0.25) is 0 Å². The van der Waals surface area contributed by atoms with E-state index < -0.39 is 11.7 Å². The number of carbonyl (C=O) groups excluding carboxylic acids is 1. The minimum absolute atomic E-state index is 0.0278. The van der Waals surface area contributed by atoms with E-state index in [4.69, 9.17) is 5.73 Å². The van der Waals surface area contributed by atoms with Crippen LogP contribution in [0.4, 0.5) is 21.6 Å². The maximum absolute atomic E-state index is 13.4. The first-order valence-electron chi connectivity index (χ1n) is 8.76. The molecule has 0 bridgehead atoms. The number of rotatable bonds is 4. The second kappa shape index (κ2) is 7.58. The van der Waals surface area contributed by atoms with E-state index in [2.05, 4.69) is 36.8 Å². The summed E-state index contributed by atoms with van der Waals surface area (Å²) < 4.78 is 14.5. The molecule has 1 fully saturated rings. The lowest BCUT2D eigenvalue weighted by Crippen LogP contribution is -2.35. The molecule has 4 heterocycles. The Labute approximate surface area is 164 Å². The number of hydrogen-bond acceptors (Lipinski definition) is 8. The number of nitrogen functional groups attached to an aromatic ring is 1. The lowest BCUT2D eigenvalue weighted by molar-refractivity contribution is 0.102. The van der Waals surface area contributed by atoms with Gasteiger partial charge in [-0.3, -0.25) is 4.79 Å². The third-order valence-electron chi connectivity index (χ3n) is 4.77. The molecule has 3 aromatic heterocycles. The Hall–Kier alpha value is -2.95. The van der Waals surface area contributed by atoms with Crippen LogP contribution in [0.3, 0.4) is 0 Å². The average Bonchev–Trinajstić information content (AvgIpc) is 3.03. The van der Waals surface area contributed by atoms with Gasteiger partial charge in [0.1, 0.15) is 5.56 Å². The van der Waals surface area contributed by atoms with Crippen molar-refractivity contribution in [2.75, 3.05) is 35.3 Å². The molecule has 4 rings (SSSR count). The van der Waals surface area contributed by atoms with E-state index in [-0.39, 0.29) is 17.0 Å². The molecule has 0 unspecified atom stereocenters. The number of anilines is 3. The van der Waals surface area contributed by atoms with Gasteiger partial charge in [-0.25, -0.2) is 13.9 Å². The summed E-state index contributed by atoms with van der Waals surface area (Å²) in [6, 6.07) is 0. The average molecular weight is 402 g/mol. The molecule has 3 aromatic rings. The highest BCUT2D eigenvalue weighted by atomic mass is 32.2. The third-order valence-corrected chi connectivity index (χ3v) is 5.91. The zero-order chi connectivity index (χ0) is 19.7. The van der Waals surface area contributed by atoms with Gasteiger partial charge in [0.05, 0.1) is 36.2 Å². The van der Waals surface area contributed by atoms with Crippen LogP contribution in [0.15, 0.2) is 24.8 Å². The summed E-state index contributed by atoms with van der Waals surface area (Å²) in [5.41, 5.74) is 7.48. The van der Waals surface area contributed by atoms with Gasteiger partial charge in [-0.1, -0.05) is 0 Å². The SMILES string of the molecule is CSC1CCN(c2cnncc2NC(=O)c2c(N)nn3cc(F)cnc23)CC1. The minimum Gasteiger partial charge on any atom is -0.381 e. The standard InChI is InChI=1S/C17H19FN8OS/c1-28-11-2-4-25(5-3-11)13-8-22-21-7-12(13)23-17(27)14-15(19)24-26-9-10(18)6-20-16(14)26/h6-9,11H,2-5H2,1H3,(H2,19,24)(H,22,23,27). The molecule has 0 aromatic carbocycles. The van der Waals surface area contributed by atoms with Crippen molar-refractivity contribution in [3.63, 3.8) is 0 Å². The van der Waals surface area contributed by atoms with Crippen LogP contribution in [0.1, 0.15) is 23.2 Å². The van der Waals surface area contributed by atoms with E-state index in [1.165, 1.54) is 6.20 Å². The molecule has 0 saturated carbocycles. The van der Waals surface area contributed by atoms with Crippen LogP contribution >= 0.6 is 11.8 Å². The van der Waals surface area contributed by atoms with E-state index in [9.17, 15) is 9.18 Å². The molecule has 1 amide bonds. The maximum atomic E-state index is 13.4. The van der Waals surface area contributed by atoms with Gasteiger partial charge >= 0.3 is 0 Å². The summed E-state index contributed by atoms with van der Waals surface area (Å²) in [5.74, 6) is -1.09. The zero-order valence-corrected chi connectivity index (χ0v) is 16.0. The van der Waals surface area contributed by atoms with Crippen molar-refractivity contribution in [3.05, 3.63) is 36.2 Å². The molecular formula is C17H19FN8OS. The molecule has 1 aliphatic heterocycles. The Kier molecular flexibility index (Phi) is 4.99. The molecule has 0 atom stereocenters. The Morgan fingerprint density at radius 2 is 2.04 bits per heavy atom. The second-order valence-corrected chi connectivity index (χ2v) is 7.60. The Morgan fingerprint density at radius 3 is 2.79 bits per heavy atom. The number of thioether (sulfide) groups is 1. The van der Waals surface area contributed by atoms with Gasteiger partial charge in [0, 0.05) is 18.3 Å². The number of aromatic nitrogens is 5. The second-order valence-electron chi connectivity index (χ2n) is 6.46. The van der Waals surface area contributed by atoms with Gasteiger partial charge in [-0.2, -0.15) is 22.0 Å². The van der Waals surface area contributed by atoms with Gasteiger partial charge in [-0.15, -0.1) is 5.10 Å². The fraction of sp³-hybridized carbons (Fsp3) is 0.353. The lowest BCUT2D eigenvalue weighted by Gasteiger charge is -2.33. The van der Waals surface area contributed by atoms with E-state index in [1.807, 2.05) is 11.8 Å². The number of nitrogens with one attached hydrogen (secondary N) is 1. The van der Waals surface area contributed by atoms with Crippen LogP contribution in [0, 0.1) is 5.82 Å². The Balaban J connectivity index is 1.60. The summed E-state index contributed by atoms with van der Waals surface area (Å²) in [5, 5.41) is 15.3. The fourth-order valence-electron chi connectivity index (χ4n) is 3.33. The van der Waals surface area contributed by atoms with E-state index in [0.717, 1.165) is 48.5 Å². The number of nitrogens with two attached hydrogens (primary N) is 1. The Bertz CT molecular complexity index is 1020. The van der Waals surface area contributed by atoms with Gasteiger partial charge < -0.3 is 16.0 Å². The van der Waals surface area contributed by atoms with Crippen molar-refractivity contribution in [3.8, 4) is 0 Å². The smallest absolute Gasteiger partial charge is 0.263 e. The largest absolute Gasteiger partial charge is 0.381 e. The van der Waals surface area contributed by atoms with E-state index in [0.29, 0.717) is 10.9 Å². The zero-order valence-electron chi connectivity index (χ0n) is 15.2. The molecule has 146 valence electrons. The summed E-state index contributed by atoms with van der Waals surface area (Å²) in [4.78, 5) is 19.0. The molecule has 3 N–H and O–H groups in total. The summed E-state index contributed by atoms with van der Waals surface area (Å²) in [6.45, 7) is 1.75. The number of hydrogen-bond donors (Lipinski definition) is 2. The quantitative estimate of drug-likeness (QED) is 0.679. The van der Waals surface area contributed by atoms with Crippen molar-refractivity contribution in [1.82, 2.24) is 24.8 Å². The molecule has 28 heavy (non-hydrogen) atoms. The maximum Gasteiger partial charge on any atom is 0.263 e. The summed E-state index contributed by atoms with van der Waals surface area (Å²) in [7, 11) is 0. The first-order valence-corrected chi connectivity index (χ1v) is 10.0. The number of amides is 1. The molecule has 1 saturated heterocycles. The van der Waals surface area contributed by atoms with Crippen molar-refractivity contribution >= 4 is 40.5 Å². The van der Waals surface area contributed by atoms with Crippen LogP contribution in [0.2, 0.25) is 0 Å². The topological polar surface area (TPSA) is 114 Å². The predicted molar refractivity (Wildman–Crippen MR) is 106 cm³/mol. The van der Waals surface area contributed by atoms with Crippen LogP contribution in [-0.2, 0) is 0 Å². The van der Waals surface area contributed by atoms with Crippen LogP contribution in [0.5, 0.6) is 0 Å². The molecular weight excluding hydrogens is 383 g/mol.